The molecule has 2 aromatic heterocycles. The molecule has 24 heavy (non-hydrogen) atoms. The van der Waals surface area contributed by atoms with Gasteiger partial charge in [0.15, 0.2) is 0 Å². The van der Waals surface area contributed by atoms with Gasteiger partial charge in [-0.15, -0.1) is 11.3 Å². The Morgan fingerprint density at radius 1 is 1.29 bits per heavy atom. The lowest BCUT2D eigenvalue weighted by Gasteiger charge is -2.38. The van der Waals surface area contributed by atoms with E-state index in [2.05, 4.69) is 9.97 Å². The number of likely N-dealkylation sites (tertiary alicyclic amines) is 1. The van der Waals surface area contributed by atoms with Gasteiger partial charge in [0.2, 0.25) is 5.88 Å². The number of thiazole rings is 1. The van der Waals surface area contributed by atoms with Gasteiger partial charge in [0, 0.05) is 17.8 Å². The highest BCUT2D eigenvalue weighted by molar-refractivity contribution is 7.16. The number of pyridine rings is 1. The number of nitrogens with zero attached hydrogens (tertiary/aromatic N) is 4. The average molecular weight is 336 g/mol. The molecule has 1 aliphatic rings. The van der Waals surface area contributed by atoms with E-state index in [9.17, 15) is 4.79 Å². The standard InChI is InChI=1S/C17H12N4O2S/c18-6-11-1-4-16(19-7-11)23-13-8-21(9-13)17(22)12-2-3-14-15(5-12)24-10-20-14/h1-5,7,10,13H,8-9H2. The van der Waals surface area contributed by atoms with Crippen molar-refractivity contribution in [2.24, 2.45) is 0 Å². The van der Waals surface area contributed by atoms with Crippen LogP contribution in [0, 0.1) is 11.3 Å². The summed E-state index contributed by atoms with van der Waals surface area (Å²) in [5, 5.41) is 8.75. The Morgan fingerprint density at radius 2 is 2.17 bits per heavy atom. The molecule has 1 aromatic carbocycles. The van der Waals surface area contributed by atoms with E-state index in [0.717, 1.165) is 10.2 Å². The van der Waals surface area contributed by atoms with Gasteiger partial charge in [-0.25, -0.2) is 9.97 Å². The number of carbonyl (C=O) groups excluding carboxylic acids is 1. The number of carbonyl (C=O) groups is 1. The number of benzene rings is 1. The summed E-state index contributed by atoms with van der Waals surface area (Å²) in [6.45, 7) is 1.06. The van der Waals surface area contributed by atoms with E-state index in [0.29, 0.717) is 30.1 Å². The summed E-state index contributed by atoms with van der Waals surface area (Å²) < 4.78 is 6.71. The lowest BCUT2D eigenvalue weighted by Crippen LogP contribution is -2.56. The monoisotopic (exact) mass is 336 g/mol. The van der Waals surface area contributed by atoms with Crippen molar-refractivity contribution in [2.45, 2.75) is 6.10 Å². The first-order valence-electron chi connectivity index (χ1n) is 7.38. The molecule has 0 unspecified atom stereocenters. The van der Waals surface area contributed by atoms with Crippen molar-refractivity contribution in [1.82, 2.24) is 14.9 Å². The van der Waals surface area contributed by atoms with Crippen LogP contribution in [0.25, 0.3) is 10.2 Å². The molecule has 0 spiro atoms. The Balaban J connectivity index is 1.37. The second-order valence-electron chi connectivity index (χ2n) is 5.48. The number of fused-ring (bicyclic) bond motifs is 1. The van der Waals surface area contributed by atoms with Gasteiger partial charge < -0.3 is 9.64 Å². The zero-order valence-electron chi connectivity index (χ0n) is 12.5. The number of aromatic nitrogens is 2. The number of rotatable bonds is 3. The lowest BCUT2D eigenvalue weighted by atomic mass is 10.1. The van der Waals surface area contributed by atoms with Gasteiger partial charge >= 0.3 is 0 Å². The molecule has 0 radical (unpaired) electrons. The molecule has 0 atom stereocenters. The molecular formula is C17H12N4O2S. The molecule has 118 valence electrons. The van der Waals surface area contributed by atoms with Gasteiger partial charge in [0.25, 0.3) is 5.91 Å². The summed E-state index contributed by atoms with van der Waals surface area (Å²) in [4.78, 5) is 22.5. The van der Waals surface area contributed by atoms with Crippen LogP contribution in [0.3, 0.4) is 0 Å². The van der Waals surface area contributed by atoms with E-state index in [1.54, 1.807) is 28.6 Å². The summed E-state index contributed by atoms with van der Waals surface area (Å²) in [6.07, 6.45) is 1.41. The largest absolute Gasteiger partial charge is 0.471 e. The predicted molar refractivity (Wildman–Crippen MR) is 88.9 cm³/mol. The maximum absolute atomic E-state index is 12.5. The highest BCUT2D eigenvalue weighted by Crippen LogP contribution is 2.23. The van der Waals surface area contributed by atoms with Crippen molar-refractivity contribution >= 4 is 27.5 Å². The first-order valence-corrected chi connectivity index (χ1v) is 8.26. The van der Waals surface area contributed by atoms with Crippen molar-refractivity contribution in [3.8, 4) is 11.9 Å². The van der Waals surface area contributed by atoms with Crippen LogP contribution in [0.15, 0.2) is 42.0 Å². The fraction of sp³-hybridized carbons (Fsp3) is 0.176. The lowest BCUT2D eigenvalue weighted by molar-refractivity contribution is 0.0160. The molecule has 0 N–H and O–H groups in total. The van der Waals surface area contributed by atoms with Gasteiger partial charge in [-0.3, -0.25) is 4.79 Å². The number of hydrogen-bond donors (Lipinski definition) is 0. The van der Waals surface area contributed by atoms with Crippen LogP contribution in [0.1, 0.15) is 15.9 Å². The van der Waals surface area contributed by atoms with E-state index >= 15 is 0 Å². The molecule has 7 heteroatoms. The first kappa shape index (κ1) is 14.6. The van der Waals surface area contributed by atoms with Crippen molar-refractivity contribution in [2.75, 3.05) is 13.1 Å². The summed E-state index contributed by atoms with van der Waals surface area (Å²) in [7, 11) is 0. The Bertz CT molecular complexity index is 939. The van der Waals surface area contributed by atoms with Crippen LogP contribution in [0.2, 0.25) is 0 Å². The van der Waals surface area contributed by atoms with Crippen molar-refractivity contribution < 1.29 is 9.53 Å². The minimum atomic E-state index is -0.0680. The quantitative estimate of drug-likeness (QED) is 0.734. The average Bonchev–Trinajstić information content (AvgIpc) is 3.05. The molecule has 6 nitrogen and oxygen atoms in total. The molecule has 0 bridgehead atoms. The van der Waals surface area contributed by atoms with Crippen LogP contribution in [-0.4, -0.2) is 40.0 Å². The molecular weight excluding hydrogens is 324 g/mol. The van der Waals surface area contributed by atoms with E-state index < -0.39 is 0 Å². The topological polar surface area (TPSA) is 79.1 Å². The third-order valence-corrected chi connectivity index (χ3v) is 4.66. The molecule has 1 fully saturated rings. The fourth-order valence-electron chi connectivity index (χ4n) is 2.54. The van der Waals surface area contributed by atoms with E-state index in [-0.39, 0.29) is 12.0 Å². The fourth-order valence-corrected chi connectivity index (χ4v) is 3.25. The van der Waals surface area contributed by atoms with E-state index in [1.165, 1.54) is 17.5 Å². The smallest absolute Gasteiger partial charge is 0.254 e. The Morgan fingerprint density at radius 3 is 2.92 bits per heavy atom. The van der Waals surface area contributed by atoms with Crippen LogP contribution >= 0.6 is 11.3 Å². The molecule has 1 amide bonds. The van der Waals surface area contributed by atoms with Crippen LogP contribution in [0.5, 0.6) is 5.88 Å². The highest BCUT2D eigenvalue weighted by atomic mass is 32.1. The van der Waals surface area contributed by atoms with Gasteiger partial charge in [-0.05, 0) is 24.3 Å². The molecule has 4 rings (SSSR count). The maximum atomic E-state index is 12.5. The number of amides is 1. The summed E-state index contributed by atoms with van der Waals surface area (Å²) >= 11 is 1.52. The number of hydrogen-bond acceptors (Lipinski definition) is 6. The maximum Gasteiger partial charge on any atom is 0.254 e. The predicted octanol–water partition coefficient (Wildman–Crippen LogP) is 2.47. The number of ether oxygens (including phenoxy) is 1. The molecule has 1 aliphatic heterocycles. The Kier molecular flexibility index (Phi) is 3.59. The summed E-state index contributed by atoms with van der Waals surface area (Å²) in [5.41, 5.74) is 3.85. The van der Waals surface area contributed by atoms with Gasteiger partial charge in [0.1, 0.15) is 12.2 Å². The van der Waals surface area contributed by atoms with Gasteiger partial charge in [-0.1, -0.05) is 0 Å². The SMILES string of the molecule is N#Cc1ccc(OC2CN(C(=O)c3ccc4ncsc4c3)C2)nc1. The van der Waals surface area contributed by atoms with Crippen molar-refractivity contribution in [3.63, 3.8) is 0 Å². The Labute approximate surface area is 141 Å². The first-order chi connectivity index (χ1) is 11.7. The molecule has 1 saturated heterocycles. The van der Waals surface area contributed by atoms with Gasteiger partial charge in [-0.2, -0.15) is 5.26 Å². The second kappa shape index (κ2) is 5.91. The van der Waals surface area contributed by atoms with Crippen LogP contribution in [-0.2, 0) is 0 Å². The zero-order chi connectivity index (χ0) is 16.5. The van der Waals surface area contributed by atoms with Crippen molar-refractivity contribution in [1.29, 1.82) is 5.26 Å². The molecule has 0 saturated carbocycles. The molecule has 3 aromatic rings. The van der Waals surface area contributed by atoms with Gasteiger partial charge in [0.05, 0.1) is 34.4 Å². The Hall–Kier alpha value is -2.98. The van der Waals surface area contributed by atoms with E-state index in [4.69, 9.17) is 10.00 Å². The van der Waals surface area contributed by atoms with Crippen molar-refractivity contribution in [3.05, 3.63) is 53.2 Å². The minimum Gasteiger partial charge on any atom is -0.471 e. The third kappa shape index (κ3) is 2.68. The minimum absolute atomic E-state index is 0.00191. The summed E-state index contributed by atoms with van der Waals surface area (Å²) in [5.74, 6) is 0.468. The highest BCUT2D eigenvalue weighted by Gasteiger charge is 2.33. The normalized spacial score (nSPS) is 14.2. The zero-order valence-corrected chi connectivity index (χ0v) is 13.4. The number of nitriles is 1. The summed E-state index contributed by atoms with van der Waals surface area (Å²) in [6, 6.07) is 10.9. The van der Waals surface area contributed by atoms with Crippen LogP contribution in [0.4, 0.5) is 0 Å². The molecule has 0 aliphatic carbocycles. The van der Waals surface area contributed by atoms with Crippen LogP contribution < -0.4 is 4.74 Å². The molecule has 3 heterocycles. The third-order valence-electron chi connectivity index (χ3n) is 3.87. The van der Waals surface area contributed by atoms with E-state index in [1.807, 2.05) is 18.2 Å². The second-order valence-corrected chi connectivity index (χ2v) is 6.37.